The van der Waals surface area contributed by atoms with E-state index in [1.54, 1.807) is 0 Å². The second kappa shape index (κ2) is 9.40. The Morgan fingerprint density at radius 2 is 1.96 bits per heavy atom. The van der Waals surface area contributed by atoms with Crippen molar-refractivity contribution in [2.75, 3.05) is 19.7 Å². The first-order valence-electron chi connectivity index (χ1n) is 8.60. The van der Waals surface area contributed by atoms with Crippen molar-refractivity contribution in [1.29, 1.82) is 0 Å². The minimum absolute atomic E-state index is 0.153. The van der Waals surface area contributed by atoms with Crippen LogP contribution >= 0.6 is 0 Å². The van der Waals surface area contributed by atoms with E-state index in [2.05, 4.69) is 22.8 Å². The molecule has 1 aliphatic carbocycles. The van der Waals surface area contributed by atoms with E-state index in [0.29, 0.717) is 25.6 Å². The van der Waals surface area contributed by atoms with E-state index >= 15 is 0 Å². The van der Waals surface area contributed by atoms with Crippen LogP contribution in [0.1, 0.15) is 38.2 Å². The van der Waals surface area contributed by atoms with Crippen LogP contribution in [0.25, 0.3) is 0 Å². The van der Waals surface area contributed by atoms with E-state index in [1.807, 2.05) is 19.1 Å². The van der Waals surface area contributed by atoms with E-state index in [-0.39, 0.29) is 12.1 Å². The van der Waals surface area contributed by atoms with Crippen LogP contribution in [0.3, 0.4) is 0 Å². The van der Waals surface area contributed by atoms with Gasteiger partial charge in [-0.25, -0.2) is 4.79 Å². The SMILES string of the molecule is CCNC(=O)NCCOc1ccc(CC2CCCCC2O)cc1. The number of aliphatic hydroxyl groups excluding tert-OH is 1. The lowest BCUT2D eigenvalue weighted by Crippen LogP contribution is -2.37. The Kier molecular flexibility index (Phi) is 7.20. The zero-order valence-electron chi connectivity index (χ0n) is 13.9. The average molecular weight is 320 g/mol. The van der Waals surface area contributed by atoms with Gasteiger partial charge in [0.1, 0.15) is 12.4 Å². The third-order valence-electron chi connectivity index (χ3n) is 4.28. The lowest BCUT2D eigenvalue weighted by molar-refractivity contribution is 0.0700. The Morgan fingerprint density at radius 3 is 2.65 bits per heavy atom. The molecule has 0 bridgehead atoms. The number of urea groups is 1. The fraction of sp³-hybridized carbons (Fsp3) is 0.611. The smallest absolute Gasteiger partial charge is 0.314 e. The summed E-state index contributed by atoms with van der Waals surface area (Å²) in [6.45, 7) is 3.41. The van der Waals surface area contributed by atoms with E-state index < -0.39 is 0 Å². The molecule has 0 radical (unpaired) electrons. The molecule has 128 valence electrons. The van der Waals surface area contributed by atoms with Crippen LogP contribution in [0.5, 0.6) is 5.75 Å². The van der Waals surface area contributed by atoms with Gasteiger partial charge >= 0.3 is 6.03 Å². The summed E-state index contributed by atoms with van der Waals surface area (Å²) in [5.74, 6) is 1.19. The number of benzene rings is 1. The Morgan fingerprint density at radius 1 is 1.22 bits per heavy atom. The number of carbonyl (C=O) groups is 1. The summed E-state index contributed by atoms with van der Waals surface area (Å²) in [5, 5.41) is 15.4. The van der Waals surface area contributed by atoms with Crippen LogP contribution in [0.15, 0.2) is 24.3 Å². The summed E-state index contributed by atoms with van der Waals surface area (Å²) in [4.78, 5) is 11.2. The van der Waals surface area contributed by atoms with E-state index in [1.165, 1.54) is 12.0 Å². The molecule has 2 unspecified atom stereocenters. The molecule has 0 aliphatic heterocycles. The monoisotopic (exact) mass is 320 g/mol. The summed E-state index contributed by atoms with van der Waals surface area (Å²) in [5.41, 5.74) is 1.24. The van der Waals surface area contributed by atoms with Crippen LogP contribution in [0.4, 0.5) is 4.79 Å². The molecule has 2 rings (SSSR count). The maximum absolute atomic E-state index is 11.2. The van der Waals surface area contributed by atoms with Gasteiger partial charge in [-0.15, -0.1) is 0 Å². The molecule has 0 aromatic heterocycles. The fourth-order valence-corrected chi connectivity index (χ4v) is 3.01. The van der Waals surface area contributed by atoms with Gasteiger partial charge in [-0.3, -0.25) is 0 Å². The van der Waals surface area contributed by atoms with Gasteiger partial charge in [-0.2, -0.15) is 0 Å². The fourth-order valence-electron chi connectivity index (χ4n) is 3.01. The Balaban J connectivity index is 1.70. The molecule has 1 fully saturated rings. The molecular weight excluding hydrogens is 292 g/mol. The van der Waals surface area contributed by atoms with Gasteiger partial charge in [0, 0.05) is 6.54 Å². The maximum Gasteiger partial charge on any atom is 0.314 e. The zero-order chi connectivity index (χ0) is 16.5. The third-order valence-corrected chi connectivity index (χ3v) is 4.28. The number of rotatable bonds is 7. The molecule has 1 aromatic carbocycles. The first kappa shape index (κ1) is 17.6. The second-order valence-electron chi connectivity index (χ2n) is 6.09. The van der Waals surface area contributed by atoms with Gasteiger partial charge < -0.3 is 20.5 Å². The molecule has 0 spiro atoms. The standard InChI is InChI=1S/C18H28N2O3/c1-2-19-18(22)20-11-12-23-16-9-7-14(8-10-16)13-15-5-3-4-6-17(15)21/h7-10,15,17,21H,2-6,11-13H2,1H3,(H2,19,20,22). The predicted octanol–water partition coefficient (Wildman–Crippen LogP) is 2.48. The molecule has 3 N–H and O–H groups in total. The van der Waals surface area contributed by atoms with Crippen LogP contribution in [0, 0.1) is 5.92 Å². The summed E-state index contributed by atoms with van der Waals surface area (Å²) >= 11 is 0. The van der Waals surface area contributed by atoms with Crippen LogP contribution in [0.2, 0.25) is 0 Å². The normalized spacial score (nSPS) is 20.8. The number of aliphatic hydroxyl groups is 1. The van der Waals surface area contributed by atoms with Gasteiger partial charge in [0.05, 0.1) is 12.6 Å². The van der Waals surface area contributed by atoms with Crippen molar-refractivity contribution >= 4 is 6.03 Å². The molecular formula is C18H28N2O3. The maximum atomic E-state index is 11.2. The molecule has 1 aromatic rings. The Bertz CT molecular complexity index is 476. The first-order chi connectivity index (χ1) is 11.2. The van der Waals surface area contributed by atoms with E-state index in [9.17, 15) is 9.90 Å². The number of nitrogens with one attached hydrogen (secondary N) is 2. The molecule has 2 atom stereocenters. The minimum Gasteiger partial charge on any atom is -0.492 e. The molecule has 2 amide bonds. The first-order valence-corrected chi connectivity index (χ1v) is 8.60. The molecule has 5 nitrogen and oxygen atoms in total. The summed E-state index contributed by atoms with van der Waals surface area (Å²) < 4.78 is 5.61. The Labute approximate surface area is 138 Å². The minimum atomic E-state index is -0.169. The lowest BCUT2D eigenvalue weighted by Gasteiger charge is -2.27. The van der Waals surface area contributed by atoms with E-state index in [4.69, 9.17) is 4.74 Å². The lowest BCUT2D eigenvalue weighted by atomic mass is 9.82. The van der Waals surface area contributed by atoms with Crippen molar-refractivity contribution in [2.24, 2.45) is 5.92 Å². The number of ether oxygens (including phenoxy) is 1. The largest absolute Gasteiger partial charge is 0.492 e. The second-order valence-corrected chi connectivity index (χ2v) is 6.09. The third kappa shape index (κ3) is 6.10. The van der Waals surface area contributed by atoms with Crippen molar-refractivity contribution in [3.63, 3.8) is 0 Å². The van der Waals surface area contributed by atoms with Crippen molar-refractivity contribution in [1.82, 2.24) is 10.6 Å². The molecule has 0 saturated heterocycles. The predicted molar refractivity (Wildman–Crippen MR) is 90.7 cm³/mol. The highest BCUT2D eigenvalue weighted by Crippen LogP contribution is 2.27. The number of amides is 2. The quantitative estimate of drug-likeness (QED) is 0.676. The van der Waals surface area contributed by atoms with Crippen molar-refractivity contribution < 1.29 is 14.6 Å². The van der Waals surface area contributed by atoms with E-state index in [0.717, 1.165) is 31.4 Å². The number of carbonyl (C=O) groups excluding carboxylic acids is 1. The highest BCUT2D eigenvalue weighted by Gasteiger charge is 2.22. The average Bonchev–Trinajstić information content (AvgIpc) is 2.55. The molecule has 23 heavy (non-hydrogen) atoms. The Hall–Kier alpha value is -1.75. The number of hydrogen-bond donors (Lipinski definition) is 3. The molecule has 1 saturated carbocycles. The zero-order valence-corrected chi connectivity index (χ0v) is 13.9. The topological polar surface area (TPSA) is 70.6 Å². The van der Waals surface area contributed by atoms with Crippen LogP contribution in [-0.2, 0) is 6.42 Å². The van der Waals surface area contributed by atoms with Gasteiger partial charge in [0.25, 0.3) is 0 Å². The van der Waals surface area contributed by atoms with Gasteiger partial charge in [-0.05, 0) is 49.8 Å². The van der Waals surface area contributed by atoms with Crippen molar-refractivity contribution in [3.8, 4) is 5.75 Å². The highest BCUT2D eigenvalue weighted by atomic mass is 16.5. The summed E-state index contributed by atoms with van der Waals surface area (Å²) in [7, 11) is 0. The summed E-state index contributed by atoms with van der Waals surface area (Å²) in [6.07, 6.45) is 5.20. The van der Waals surface area contributed by atoms with Gasteiger partial charge in [0.2, 0.25) is 0 Å². The van der Waals surface area contributed by atoms with Gasteiger partial charge in [-0.1, -0.05) is 25.0 Å². The molecule has 1 aliphatic rings. The number of hydrogen-bond acceptors (Lipinski definition) is 3. The van der Waals surface area contributed by atoms with Crippen molar-refractivity contribution in [2.45, 2.75) is 45.1 Å². The van der Waals surface area contributed by atoms with Crippen LogP contribution in [-0.4, -0.2) is 36.9 Å². The van der Waals surface area contributed by atoms with Crippen molar-refractivity contribution in [3.05, 3.63) is 29.8 Å². The van der Waals surface area contributed by atoms with Gasteiger partial charge in [0.15, 0.2) is 0 Å². The molecule has 0 heterocycles. The molecule has 5 heteroatoms. The highest BCUT2D eigenvalue weighted by molar-refractivity contribution is 5.73. The summed E-state index contributed by atoms with van der Waals surface area (Å²) in [6, 6.07) is 7.87. The van der Waals surface area contributed by atoms with Crippen LogP contribution < -0.4 is 15.4 Å².